The van der Waals surface area contributed by atoms with E-state index < -0.39 is 0 Å². The lowest BCUT2D eigenvalue weighted by atomic mass is 9.83. The molecule has 1 fully saturated rings. The van der Waals surface area contributed by atoms with Crippen LogP contribution in [0.2, 0.25) is 0 Å². The molecule has 0 saturated heterocycles. The maximum absolute atomic E-state index is 5.43. The minimum Gasteiger partial charge on any atom is -0.468 e. The number of nitrogens with one attached hydrogen (secondary N) is 1. The van der Waals surface area contributed by atoms with Crippen molar-refractivity contribution in [3.63, 3.8) is 0 Å². The Kier molecular flexibility index (Phi) is 4.66. The monoisotopic (exact) mass is 235 g/mol. The van der Waals surface area contributed by atoms with Crippen LogP contribution >= 0.6 is 0 Å². The van der Waals surface area contributed by atoms with Crippen molar-refractivity contribution in [2.75, 3.05) is 0 Å². The molecule has 0 bridgehead atoms. The Morgan fingerprint density at radius 2 is 2.12 bits per heavy atom. The second kappa shape index (κ2) is 6.25. The molecular weight excluding hydrogens is 210 g/mol. The van der Waals surface area contributed by atoms with Gasteiger partial charge in [0.05, 0.1) is 12.3 Å². The van der Waals surface area contributed by atoms with E-state index in [2.05, 4.69) is 25.2 Å². The van der Waals surface area contributed by atoms with E-state index >= 15 is 0 Å². The minimum absolute atomic E-state index is 0.345. The first-order chi connectivity index (χ1) is 8.29. The summed E-state index contributed by atoms with van der Waals surface area (Å²) in [4.78, 5) is 0. The molecule has 1 aromatic rings. The molecule has 0 spiro atoms. The summed E-state index contributed by atoms with van der Waals surface area (Å²) in [6.45, 7) is 4.49. The highest BCUT2D eigenvalue weighted by molar-refractivity contribution is 5.03. The van der Waals surface area contributed by atoms with E-state index in [0.717, 1.165) is 11.7 Å². The molecule has 2 nitrogen and oxygen atoms in total. The lowest BCUT2D eigenvalue weighted by Crippen LogP contribution is -2.34. The fourth-order valence-electron chi connectivity index (χ4n) is 3.00. The lowest BCUT2D eigenvalue weighted by Gasteiger charge is -2.30. The van der Waals surface area contributed by atoms with Gasteiger partial charge in [-0.25, -0.2) is 0 Å². The van der Waals surface area contributed by atoms with Gasteiger partial charge in [0.15, 0.2) is 0 Å². The molecule has 1 aliphatic carbocycles. The topological polar surface area (TPSA) is 25.2 Å². The van der Waals surface area contributed by atoms with Crippen molar-refractivity contribution in [2.24, 2.45) is 5.92 Å². The van der Waals surface area contributed by atoms with Crippen molar-refractivity contribution in [3.05, 3.63) is 24.2 Å². The van der Waals surface area contributed by atoms with E-state index in [1.807, 2.05) is 6.07 Å². The second-order valence-corrected chi connectivity index (χ2v) is 5.41. The van der Waals surface area contributed by atoms with Gasteiger partial charge in [0.25, 0.3) is 0 Å². The normalized spacial score (nSPS) is 26.9. The van der Waals surface area contributed by atoms with Crippen LogP contribution < -0.4 is 5.32 Å². The van der Waals surface area contributed by atoms with Gasteiger partial charge < -0.3 is 9.73 Å². The van der Waals surface area contributed by atoms with Gasteiger partial charge in [0.2, 0.25) is 0 Å². The third kappa shape index (κ3) is 3.60. The molecule has 0 aromatic carbocycles. The van der Waals surface area contributed by atoms with Crippen molar-refractivity contribution in [1.82, 2.24) is 5.32 Å². The molecule has 96 valence electrons. The van der Waals surface area contributed by atoms with E-state index in [1.54, 1.807) is 6.26 Å². The summed E-state index contributed by atoms with van der Waals surface area (Å²) in [5.74, 6) is 2.04. The molecule has 1 heterocycles. The summed E-state index contributed by atoms with van der Waals surface area (Å²) in [7, 11) is 0. The van der Waals surface area contributed by atoms with E-state index in [1.165, 1.54) is 38.5 Å². The Morgan fingerprint density at radius 1 is 1.35 bits per heavy atom. The maximum Gasteiger partial charge on any atom is 0.120 e. The maximum atomic E-state index is 5.43. The molecule has 1 aromatic heterocycles. The zero-order valence-corrected chi connectivity index (χ0v) is 11.1. The number of hydrogen-bond donors (Lipinski definition) is 1. The molecule has 2 rings (SSSR count). The number of hydrogen-bond acceptors (Lipinski definition) is 2. The lowest BCUT2D eigenvalue weighted by molar-refractivity contribution is 0.258. The van der Waals surface area contributed by atoms with Crippen molar-refractivity contribution < 1.29 is 4.42 Å². The fourth-order valence-corrected chi connectivity index (χ4v) is 3.00. The van der Waals surface area contributed by atoms with Crippen LogP contribution in [0.15, 0.2) is 22.8 Å². The predicted molar refractivity (Wildman–Crippen MR) is 70.9 cm³/mol. The van der Waals surface area contributed by atoms with Gasteiger partial charge in [-0.15, -0.1) is 0 Å². The molecule has 0 unspecified atom stereocenters. The van der Waals surface area contributed by atoms with Crippen LogP contribution in [0.4, 0.5) is 0 Å². The Hall–Kier alpha value is -0.760. The van der Waals surface area contributed by atoms with Crippen molar-refractivity contribution in [2.45, 2.75) is 64.5 Å². The zero-order valence-electron chi connectivity index (χ0n) is 11.1. The number of furan rings is 1. The molecule has 1 atom stereocenters. The van der Waals surface area contributed by atoms with E-state index in [9.17, 15) is 0 Å². The highest BCUT2D eigenvalue weighted by Gasteiger charge is 2.22. The molecular formula is C15H25NO. The van der Waals surface area contributed by atoms with Gasteiger partial charge in [-0.3, -0.25) is 0 Å². The van der Waals surface area contributed by atoms with Crippen LogP contribution in [0.5, 0.6) is 0 Å². The fraction of sp³-hybridized carbons (Fsp3) is 0.733. The van der Waals surface area contributed by atoms with Crippen molar-refractivity contribution in [3.8, 4) is 0 Å². The van der Waals surface area contributed by atoms with Gasteiger partial charge in [0, 0.05) is 6.04 Å². The van der Waals surface area contributed by atoms with Gasteiger partial charge in [0.1, 0.15) is 5.76 Å². The van der Waals surface area contributed by atoms with Crippen LogP contribution in [-0.2, 0) is 0 Å². The van der Waals surface area contributed by atoms with Crippen LogP contribution in [0, 0.1) is 5.92 Å². The summed E-state index contributed by atoms with van der Waals surface area (Å²) in [6, 6.07) is 5.05. The van der Waals surface area contributed by atoms with Crippen LogP contribution in [0.1, 0.15) is 64.2 Å². The van der Waals surface area contributed by atoms with E-state index in [4.69, 9.17) is 4.42 Å². The summed E-state index contributed by atoms with van der Waals surface area (Å²) >= 11 is 0. The Labute approximate surface area is 105 Å². The predicted octanol–water partition coefficient (Wildman–Crippen LogP) is 4.29. The highest BCUT2D eigenvalue weighted by Crippen LogP contribution is 2.29. The smallest absolute Gasteiger partial charge is 0.120 e. The SMILES string of the molecule is CCCC1CCC(N[C@H](C)c2ccco2)CC1. The van der Waals surface area contributed by atoms with Crippen LogP contribution in [0.3, 0.4) is 0 Å². The summed E-state index contributed by atoms with van der Waals surface area (Å²) in [5.41, 5.74) is 0. The Balaban J connectivity index is 1.74. The molecule has 0 aliphatic heterocycles. The van der Waals surface area contributed by atoms with Crippen molar-refractivity contribution >= 4 is 0 Å². The molecule has 1 N–H and O–H groups in total. The average Bonchev–Trinajstić information content (AvgIpc) is 2.86. The first-order valence-corrected chi connectivity index (χ1v) is 7.09. The molecule has 2 heteroatoms. The van der Waals surface area contributed by atoms with Crippen LogP contribution in [0.25, 0.3) is 0 Å². The van der Waals surface area contributed by atoms with E-state index in [-0.39, 0.29) is 0 Å². The van der Waals surface area contributed by atoms with Gasteiger partial charge >= 0.3 is 0 Å². The first kappa shape index (κ1) is 12.7. The Bertz CT molecular complexity index is 299. The van der Waals surface area contributed by atoms with Gasteiger partial charge in [-0.2, -0.15) is 0 Å². The zero-order chi connectivity index (χ0) is 12.1. The van der Waals surface area contributed by atoms with Gasteiger partial charge in [-0.05, 0) is 50.7 Å². The first-order valence-electron chi connectivity index (χ1n) is 7.09. The molecule has 0 radical (unpaired) electrons. The standard InChI is InChI=1S/C15H25NO/c1-3-5-13-7-9-14(10-8-13)16-12(2)15-6-4-11-17-15/h4,6,11-14,16H,3,5,7-10H2,1-2H3/t12-,13?,14?/m1/s1. The highest BCUT2D eigenvalue weighted by atomic mass is 16.3. The van der Waals surface area contributed by atoms with Gasteiger partial charge in [-0.1, -0.05) is 19.8 Å². The molecule has 1 saturated carbocycles. The minimum atomic E-state index is 0.345. The molecule has 17 heavy (non-hydrogen) atoms. The quantitative estimate of drug-likeness (QED) is 0.823. The van der Waals surface area contributed by atoms with Crippen LogP contribution in [-0.4, -0.2) is 6.04 Å². The molecule has 1 aliphatic rings. The van der Waals surface area contributed by atoms with Crippen molar-refractivity contribution in [1.29, 1.82) is 0 Å². The Morgan fingerprint density at radius 3 is 2.71 bits per heavy atom. The number of rotatable bonds is 5. The summed E-state index contributed by atoms with van der Waals surface area (Å²) in [6.07, 6.45) is 9.97. The average molecular weight is 235 g/mol. The summed E-state index contributed by atoms with van der Waals surface area (Å²) < 4.78 is 5.43. The third-order valence-electron chi connectivity index (χ3n) is 4.00. The largest absolute Gasteiger partial charge is 0.468 e. The summed E-state index contributed by atoms with van der Waals surface area (Å²) in [5, 5.41) is 3.69. The molecule has 0 amide bonds. The third-order valence-corrected chi connectivity index (χ3v) is 4.00. The van der Waals surface area contributed by atoms with E-state index in [0.29, 0.717) is 12.1 Å². The second-order valence-electron chi connectivity index (χ2n) is 5.41.